The Bertz CT molecular complexity index is 372. The summed E-state index contributed by atoms with van der Waals surface area (Å²) in [4.78, 5) is 8.50. The minimum absolute atomic E-state index is 0.117. The van der Waals surface area contributed by atoms with Crippen molar-refractivity contribution in [1.82, 2.24) is 9.97 Å². The lowest BCUT2D eigenvalue weighted by molar-refractivity contribution is 0.104. The highest BCUT2D eigenvalue weighted by atomic mass is 16.3. The van der Waals surface area contributed by atoms with Crippen LogP contribution in [0.1, 0.15) is 32.6 Å². The lowest BCUT2D eigenvalue weighted by Gasteiger charge is -2.26. The summed E-state index contributed by atoms with van der Waals surface area (Å²) in [6.07, 6.45) is 5.80. The second kappa shape index (κ2) is 6.54. The lowest BCUT2D eigenvalue weighted by Crippen LogP contribution is -2.25. The first-order valence-electron chi connectivity index (χ1n) is 6.76. The Morgan fingerprint density at radius 1 is 1.39 bits per heavy atom. The fraction of sp³-hybridized carbons (Fsp3) is 0.692. The predicted molar refractivity (Wildman–Crippen MR) is 72.7 cm³/mol. The average Bonchev–Trinajstić information content (AvgIpc) is 2.37. The summed E-state index contributed by atoms with van der Waals surface area (Å²) in [5, 5.41) is 16.0. The lowest BCUT2D eigenvalue weighted by atomic mass is 9.87. The molecule has 1 aliphatic rings. The van der Waals surface area contributed by atoms with Gasteiger partial charge in [0.05, 0.1) is 6.10 Å². The molecule has 1 aromatic rings. The zero-order valence-corrected chi connectivity index (χ0v) is 10.9. The minimum atomic E-state index is -0.117. The van der Waals surface area contributed by atoms with Gasteiger partial charge in [-0.1, -0.05) is 6.42 Å². The van der Waals surface area contributed by atoms with Gasteiger partial charge in [-0.2, -0.15) is 4.98 Å². The highest BCUT2D eigenvalue weighted by Gasteiger charge is 2.19. The molecule has 2 rings (SSSR count). The zero-order valence-electron chi connectivity index (χ0n) is 10.9. The smallest absolute Gasteiger partial charge is 0.224 e. The van der Waals surface area contributed by atoms with E-state index in [4.69, 9.17) is 0 Å². The van der Waals surface area contributed by atoms with Crippen LogP contribution in [0.3, 0.4) is 0 Å². The second-order valence-electron chi connectivity index (χ2n) is 4.86. The minimum Gasteiger partial charge on any atom is -0.393 e. The Kier molecular flexibility index (Phi) is 4.75. The maximum Gasteiger partial charge on any atom is 0.224 e. The third-order valence-corrected chi connectivity index (χ3v) is 3.32. The quantitative estimate of drug-likeness (QED) is 0.744. The molecule has 1 aliphatic carbocycles. The third-order valence-electron chi connectivity index (χ3n) is 3.32. The number of hydrogen-bond donors (Lipinski definition) is 3. The summed E-state index contributed by atoms with van der Waals surface area (Å²) in [6, 6.07) is 1.88. The van der Waals surface area contributed by atoms with E-state index in [-0.39, 0.29) is 6.10 Å². The largest absolute Gasteiger partial charge is 0.393 e. The van der Waals surface area contributed by atoms with Gasteiger partial charge < -0.3 is 15.7 Å². The van der Waals surface area contributed by atoms with Crippen molar-refractivity contribution in [2.24, 2.45) is 5.92 Å². The zero-order chi connectivity index (χ0) is 12.8. The van der Waals surface area contributed by atoms with Gasteiger partial charge in [-0.15, -0.1) is 0 Å². The van der Waals surface area contributed by atoms with Crippen LogP contribution in [0.5, 0.6) is 0 Å². The van der Waals surface area contributed by atoms with Gasteiger partial charge in [0.15, 0.2) is 0 Å². The molecule has 1 heterocycles. The molecule has 0 amide bonds. The summed E-state index contributed by atoms with van der Waals surface area (Å²) in [5.41, 5.74) is 0. The van der Waals surface area contributed by atoms with Crippen LogP contribution in [0.4, 0.5) is 11.8 Å². The summed E-state index contributed by atoms with van der Waals surface area (Å²) in [6.45, 7) is 3.71. The van der Waals surface area contributed by atoms with E-state index in [0.717, 1.165) is 38.2 Å². The molecule has 5 heteroatoms. The van der Waals surface area contributed by atoms with E-state index in [9.17, 15) is 5.11 Å². The van der Waals surface area contributed by atoms with Crippen LogP contribution >= 0.6 is 0 Å². The van der Waals surface area contributed by atoms with Gasteiger partial charge in [0.1, 0.15) is 5.82 Å². The van der Waals surface area contributed by atoms with Gasteiger partial charge in [-0.25, -0.2) is 4.98 Å². The molecule has 0 aliphatic heterocycles. The monoisotopic (exact) mass is 250 g/mol. The van der Waals surface area contributed by atoms with Gasteiger partial charge in [0.2, 0.25) is 5.95 Å². The Hall–Kier alpha value is -1.36. The van der Waals surface area contributed by atoms with Crippen molar-refractivity contribution in [3.63, 3.8) is 0 Å². The van der Waals surface area contributed by atoms with Crippen molar-refractivity contribution in [3.8, 4) is 0 Å². The first-order valence-corrected chi connectivity index (χ1v) is 6.76. The number of hydrogen-bond acceptors (Lipinski definition) is 5. The molecular weight excluding hydrogens is 228 g/mol. The molecule has 0 saturated heterocycles. The Labute approximate surface area is 108 Å². The van der Waals surface area contributed by atoms with Crippen molar-refractivity contribution < 1.29 is 5.11 Å². The number of rotatable bonds is 5. The van der Waals surface area contributed by atoms with E-state index < -0.39 is 0 Å². The highest BCUT2D eigenvalue weighted by molar-refractivity contribution is 5.39. The Morgan fingerprint density at radius 2 is 2.28 bits per heavy atom. The molecule has 2 unspecified atom stereocenters. The fourth-order valence-corrected chi connectivity index (χ4v) is 2.40. The normalized spacial score (nSPS) is 23.7. The fourth-order valence-electron chi connectivity index (χ4n) is 2.40. The van der Waals surface area contributed by atoms with Gasteiger partial charge in [0.25, 0.3) is 0 Å². The third kappa shape index (κ3) is 3.84. The molecule has 100 valence electrons. The Morgan fingerprint density at radius 3 is 3.06 bits per heavy atom. The van der Waals surface area contributed by atoms with Crippen molar-refractivity contribution in [3.05, 3.63) is 12.3 Å². The van der Waals surface area contributed by atoms with Gasteiger partial charge in [-0.3, -0.25) is 0 Å². The number of aliphatic hydroxyl groups excluding tert-OH is 1. The van der Waals surface area contributed by atoms with Gasteiger partial charge in [0, 0.05) is 19.3 Å². The van der Waals surface area contributed by atoms with Crippen molar-refractivity contribution in [1.29, 1.82) is 0 Å². The summed E-state index contributed by atoms with van der Waals surface area (Å²) < 4.78 is 0. The summed E-state index contributed by atoms with van der Waals surface area (Å²) in [5.74, 6) is 2.05. The van der Waals surface area contributed by atoms with E-state index >= 15 is 0 Å². The van der Waals surface area contributed by atoms with Crippen LogP contribution < -0.4 is 10.6 Å². The number of anilines is 2. The van der Waals surface area contributed by atoms with Crippen molar-refractivity contribution in [2.75, 3.05) is 23.7 Å². The van der Waals surface area contributed by atoms with Crippen LogP contribution in [0.15, 0.2) is 12.3 Å². The highest BCUT2D eigenvalue weighted by Crippen LogP contribution is 2.24. The van der Waals surface area contributed by atoms with Gasteiger partial charge in [-0.05, 0) is 38.2 Å². The van der Waals surface area contributed by atoms with E-state index in [1.165, 1.54) is 6.42 Å². The predicted octanol–water partition coefficient (Wildman–Crippen LogP) is 1.87. The first-order chi connectivity index (χ1) is 8.78. The number of aromatic nitrogens is 2. The molecule has 18 heavy (non-hydrogen) atoms. The van der Waals surface area contributed by atoms with Crippen LogP contribution in [-0.4, -0.2) is 34.3 Å². The first kappa shape index (κ1) is 13.1. The topological polar surface area (TPSA) is 70.1 Å². The van der Waals surface area contributed by atoms with Crippen LogP contribution in [-0.2, 0) is 0 Å². The van der Waals surface area contributed by atoms with E-state index in [1.54, 1.807) is 6.20 Å². The number of aliphatic hydroxyl groups is 1. The average molecular weight is 250 g/mol. The van der Waals surface area contributed by atoms with Crippen LogP contribution in [0, 0.1) is 5.92 Å². The molecule has 0 spiro atoms. The standard InChI is InChI=1S/C13H22N4O/c1-2-14-13-15-7-6-12(17-13)16-9-10-4-3-5-11(18)8-10/h6-7,10-11,18H,2-5,8-9H2,1H3,(H2,14,15,16,17). The molecule has 3 N–H and O–H groups in total. The van der Waals surface area contributed by atoms with Crippen LogP contribution in [0.2, 0.25) is 0 Å². The molecule has 0 aromatic carbocycles. The van der Waals surface area contributed by atoms with E-state index in [2.05, 4.69) is 20.6 Å². The Balaban J connectivity index is 1.83. The maximum atomic E-state index is 9.63. The van der Waals surface area contributed by atoms with Crippen molar-refractivity contribution in [2.45, 2.75) is 38.7 Å². The molecule has 1 saturated carbocycles. The van der Waals surface area contributed by atoms with Crippen molar-refractivity contribution >= 4 is 11.8 Å². The van der Waals surface area contributed by atoms with Gasteiger partial charge >= 0.3 is 0 Å². The second-order valence-corrected chi connectivity index (χ2v) is 4.86. The SMILES string of the molecule is CCNc1nccc(NCC2CCCC(O)C2)n1. The molecule has 1 aromatic heterocycles. The molecule has 1 fully saturated rings. The van der Waals surface area contributed by atoms with E-state index in [0.29, 0.717) is 11.9 Å². The number of nitrogens with zero attached hydrogens (tertiary/aromatic N) is 2. The molecule has 5 nitrogen and oxygen atoms in total. The van der Waals surface area contributed by atoms with E-state index in [1.807, 2.05) is 13.0 Å². The number of nitrogens with one attached hydrogen (secondary N) is 2. The molecule has 0 radical (unpaired) electrons. The maximum absolute atomic E-state index is 9.63. The molecule has 0 bridgehead atoms. The van der Waals surface area contributed by atoms with Crippen LogP contribution in [0.25, 0.3) is 0 Å². The summed E-state index contributed by atoms with van der Waals surface area (Å²) in [7, 11) is 0. The molecule has 2 atom stereocenters. The molecular formula is C13H22N4O. The summed E-state index contributed by atoms with van der Waals surface area (Å²) >= 11 is 0.